The van der Waals surface area contributed by atoms with E-state index in [0.29, 0.717) is 6.42 Å². The fraction of sp³-hybridized carbons (Fsp3) is 0.684. The van der Waals surface area contributed by atoms with Crippen molar-refractivity contribution in [1.82, 2.24) is 0 Å². The van der Waals surface area contributed by atoms with Crippen LogP contribution in [0.2, 0.25) is 0 Å². The highest BCUT2D eigenvalue weighted by molar-refractivity contribution is 5.11. The molecule has 20 heavy (non-hydrogen) atoms. The van der Waals surface area contributed by atoms with Gasteiger partial charge in [-0.3, -0.25) is 0 Å². The third kappa shape index (κ3) is 19.5. The Balaban J connectivity index is -0.000000505. The molecule has 0 aromatic rings. The molecule has 1 heteroatoms. The van der Waals surface area contributed by atoms with Crippen molar-refractivity contribution < 1.29 is 4.39 Å². The SMILES string of the molecule is C=C/C=C(\CC)CC(C)(C)CC(C)(C)F.C=CC.CC. The molecule has 0 radical (unpaired) electrons. The van der Waals surface area contributed by atoms with Crippen molar-refractivity contribution >= 4 is 0 Å². The largest absolute Gasteiger partial charge is 0.244 e. The number of hydrogen-bond acceptors (Lipinski definition) is 0. The summed E-state index contributed by atoms with van der Waals surface area (Å²) in [5.41, 5.74) is 0.277. The Morgan fingerprint density at radius 3 is 1.75 bits per heavy atom. The quantitative estimate of drug-likeness (QED) is 0.355. The summed E-state index contributed by atoms with van der Waals surface area (Å²) in [5.74, 6) is 0. The third-order valence-electron chi connectivity index (χ3n) is 2.41. The van der Waals surface area contributed by atoms with E-state index in [1.54, 1.807) is 19.9 Å². The van der Waals surface area contributed by atoms with E-state index in [-0.39, 0.29) is 5.41 Å². The van der Waals surface area contributed by atoms with Crippen molar-refractivity contribution in [2.75, 3.05) is 0 Å². The van der Waals surface area contributed by atoms with Crippen LogP contribution in [0.1, 0.15) is 74.7 Å². The summed E-state index contributed by atoms with van der Waals surface area (Å²) in [6, 6.07) is 0. The van der Waals surface area contributed by atoms with Gasteiger partial charge < -0.3 is 0 Å². The molecule has 0 nitrogen and oxygen atoms in total. The lowest BCUT2D eigenvalue weighted by molar-refractivity contribution is 0.128. The number of halogens is 1. The van der Waals surface area contributed by atoms with Crippen LogP contribution in [0.3, 0.4) is 0 Å². The van der Waals surface area contributed by atoms with Gasteiger partial charge in [0.05, 0.1) is 0 Å². The van der Waals surface area contributed by atoms with E-state index in [1.807, 2.05) is 32.9 Å². The van der Waals surface area contributed by atoms with Gasteiger partial charge in [-0.15, -0.1) is 6.58 Å². The molecule has 0 amide bonds. The van der Waals surface area contributed by atoms with Crippen LogP contribution < -0.4 is 0 Å². The Hall–Kier alpha value is -0.850. The van der Waals surface area contributed by atoms with E-state index in [4.69, 9.17) is 0 Å². The Bertz CT molecular complexity index is 264. The van der Waals surface area contributed by atoms with Crippen LogP contribution in [0, 0.1) is 5.41 Å². The van der Waals surface area contributed by atoms with Crippen molar-refractivity contribution in [1.29, 1.82) is 0 Å². The Morgan fingerprint density at radius 1 is 1.10 bits per heavy atom. The average Bonchev–Trinajstić information content (AvgIpc) is 2.28. The van der Waals surface area contributed by atoms with Crippen LogP contribution in [-0.4, -0.2) is 5.67 Å². The lowest BCUT2D eigenvalue weighted by Crippen LogP contribution is -2.24. The zero-order chi connectivity index (χ0) is 16.8. The predicted molar refractivity (Wildman–Crippen MR) is 94.0 cm³/mol. The lowest BCUT2D eigenvalue weighted by atomic mass is 9.77. The second kappa shape index (κ2) is 13.1. The van der Waals surface area contributed by atoms with Gasteiger partial charge in [-0.05, 0) is 45.4 Å². The van der Waals surface area contributed by atoms with Crippen molar-refractivity contribution in [3.05, 3.63) is 37.0 Å². The predicted octanol–water partition coefficient (Wildman–Crippen LogP) is 7.28. The molecule has 0 bridgehead atoms. The maximum absolute atomic E-state index is 13.6. The first-order chi connectivity index (χ1) is 9.11. The molecule has 0 aliphatic heterocycles. The van der Waals surface area contributed by atoms with Gasteiger partial charge in [0, 0.05) is 0 Å². The monoisotopic (exact) mass is 284 g/mol. The van der Waals surface area contributed by atoms with Gasteiger partial charge in [0.1, 0.15) is 5.67 Å². The van der Waals surface area contributed by atoms with E-state index in [0.717, 1.165) is 12.8 Å². The average molecular weight is 285 g/mol. The molecule has 0 spiro atoms. The number of allylic oxidation sites excluding steroid dienone is 4. The second-order valence-corrected chi connectivity index (χ2v) is 6.06. The summed E-state index contributed by atoms with van der Waals surface area (Å²) in [6.45, 7) is 22.6. The van der Waals surface area contributed by atoms with Gasteiger partial charge in [-0.25, -0.2) is 4.39 Å². The summed E-state index contributed by atoms with van der Waals surface area (Å²) >= 11 is 0. The Kier molecular flexibility index (Phi) is 15.9. The van der Waals surface area contributed by atoms with Gasteiger partial charge in [0.15, 0.2) is 0 Å². The normalized spacial score (nSPS) is 11.6. The standard InChI is InChI=1S/C14H25F.C3H6.C2H6/c1-7-9-12(8-2)10-13(3,4)11-14(5,6)15;1-3-2;1-2/h7,9H,1,8,10-11H2,2-6H3;3H,1H2,2H3;1-2H3/b12-9+;;. The molecule has 0 saturated heterocycles. The summed E-state index contributed by atoms with van der Waals surface area (Å²) < 4.78 is 13.6. The summed E-state index contributed by atoms with van der Waals surface area (Å²) in [4.78, 5) is 0. The first-order valence-corrected chi connectivity index (χ1v) is 7.68. The number of rotatable bonds is 6. The molecule has 0 fully saturated rings. The topological polar surface area (TPSA) is 0 Å². The number of alkyl halides is 1. The maximum Gasteiger partial charge on any atom is 0.106 e. The van der Waals surface area contributed by atoms with Crippen molar-refractivity contribution in [2.45, 2.75) is 80.3 Å². The molecule has 0 aliphatic rings. The first-order valence-electron chi connectivity index (χ1n) is 7.68. The zero-order valence-electron chi connectivity index (χ0n) is 15.1. The molecule has 0 rings (SSSR count). The molecule has 120 valence electrons. The molecule has 0 saturated carbocycles. The molecule has 0 N–H and O–H groups in total. The van der Waals surface area contributed by atoms with Crippen LogP contribution in [0.25, 0.3) is 0 Å². The van der Waals surface area contributed by atoms with Crippen LogP contribution >= 0.6 is 0 Å². The molecule has 0 unspecified atom stereocenters. The molecule has 0 aromatic carbocycles. The fourth-order valence-electron chi connectivity index (χ4n) is 2.28. The number of hydrogen-bond donors (Lipinski definition) is 0. The smallest absolute Gasteiger partial charge is 0.106 e. The van der Waals surface area contributed by atoms with Crippen LogP contribution in [0.4, 0.5) is 4.39 Å². The van der Waals surface area contributed by atoms with Gasteiger partial charge in [-0.1, -0.05) is 65.0 Å². The molecule has 0 atom stereocenters. The van der Waals surface area contributed by atoms with Crippen LogP contribution in [0.15, 0.2) is 37.0 Å². The fourth-order valence-corrected chi connectivity index (χ4v) is 2.28. The summed E-state index contributed by atoms with van der Waals surface area (Å²) in [6.07, 6.45) is 8.17. The maximum atomic E-state index is 13.6. The van der Waals surface area contributed by atoms with Gasteiger partial charge in [0.2, 0.25) is 0 Å². The van der Waals surface area contributed by atoms with E-state index in [1.165, 1.54) is 5.57 Å². The highest BCUT2D eigenvalue weighted by Gasteiger charge is 2.28. The van der Waals surface area contributed by atoms with E-state index in [9.17, 15) is 4.39 Å². The summed E-state index contributed by atoms with van der Waals surface area (Å²) in [7, 11) is 0. The molecule has 0 heterocycles. The zero-order valence-corrected chi connectivity index (χ0v) is 15.1. The van der Waals surface area contributed by atoms with Crippen molar-refractivity contribution in [2.24, 2.45) is 5.41 Å². The molecular weight excluding hydrogens is 247 g/mol. The Labute approximate surface area is 127 Å². The molecule has 0 aliphatic carbocycles. The van der Waals surface area contributed by atoms with Crippen molar-refractivity contribution in [3.8, 4) is 0 Å². The lowest BCUT2D eigenvalue weighted by Gasteiger charge is -2.30. The minimum atomic E-state index is -1.09. The van der Waals surface area contributed by atoms with E-state index in [2.05, 4.69) is 33.9 Å². The molecular formula is C19H37F. The minimum Gasteiger partial charge on any atom is -0.244 e. The van der Waals surface area contributed by atoms with Crippen molar-refractivity contribution in [3.63, 3.8) is 0 Å². The first kappa shape index (κ1) is 24.2. The Morgan fingerprint density at radius 2 is 1.50 bits per heavy atom. The highest BCUT2D eigenvalue weighted by Crippen LogP contribution is 2.36. The van der Waals surface area contributed by atoms with Gasteiger partial charge >= 0.3 is 0 Å². The third-order valence-corrected chi connectivity index (χ3v) is 2.41. The summed E-state index contributed by atoms with van der Waals surface area (Å²) in [5, 5.41) is 0. The highest BCUT2D eigenvalue weighted by atomic mass is 19.1. The van der Waals surface area contributed by atoms with Crippen LogP contribution in [0.5, 0.6) is 0 Å². The van der Waals surface area contributed by atoms with Crippen LogP contribution in [-0.2, 0) is 0 Å². The molecule has 0 aromatic heterocycles. The van der Waals surface area contributed by atoms with Gasteiger partial charge in [-0.2, -0.15) is 0 Å². The van der Waals surface area contributed by atoms with E-state index < -0.39 is 5.67 Å². The van der Waals surface area contributed by atoms with E-state index >= 15 is 0 Å². The van der Waals surface area contributed by atoms with Gasteiger partial charge in [0.25, 0.3) is 0 Å². The second-order valence-electron chi connectivity index (χ2n) is 6.06. The minimum absolute atomic E-state index is 0.0170.